The molecule has 0 amide bonds. The second-order valence-corrected chi connectivity index (χ2v) is 6.79. The Balaban J connectivity index is 1.89. The highest BCUT2D eigenvalue weighted by Crippen LogP contribution is 2.41. The molecule has 0 aromatic carbocycles. The molecule has 0 radical (unpaired) electrons. The van der Waals surface area contributed by atoms with Gasteiger partial charge < -0.3 is 5.11 Å². The minimum atomic E-state index is -0.210. The number of rotatable bonds is 4. The Hall–Kier alpha value is -1.91. The molecule has 0 bridgehead atoms. The molecule has 1 heterocycles. The Kier molecular flexibility index (Phi) is 4.13. The van der Waals surface area contributed by atoms with Crippen LogP contribution < -0.4 is 0 Å². The Labute approximate surface area is 136 Å². The Morgan fingerprint density at radius 1 is 1.22 bits per heavy atom. The predicted octanol–water partition coefficient (Wildman–Crippen LogP) is 3.15. The molecule has 5 nitrogen and oxygen atoms in total. The van der Waals surface area contributed by atoms with Crippen molar-refractivity contribution in [2.75, 3.05) is 0 Å². The van der Waals surface area contributed by atoms with Gasteiger partial charge >= 0.3 is 0 Å². The summed E-state index contributed by atoms with van der Waals surface area (Å²) in [7, 11) is 0. The topological polar surface area (TPSA) is 72.2 Å². The van der Waals surface area contributed by atoms with Crippen LogP contribution in [0.25, 0.3) is 0 Å². The lowest BCUT2D eigenvalue weighted by atomic mass is 9.78. The van der Waals surface area contributed by atoms with Crippen LogP contribution in [-0.2, 0) is 16.1 Å². The van der Waals surface area contributed by atoms with Crippen LogP contribution in [-0.4, -0.2) is 26.5 Å². The molecular weight excluding hydrogens is 292 g/mol. The van der Waals surface area contributed by atoms with Gasteiger partial charge in [0.2, 0.25) is 0 Å². The van der Waals surface area contributed by atoms with Gasteiger partial charge in [-0.2, -0.15) is 5.10 Å². The van der Waals surface area contributed by atoms with Crippen molar-refractivity contribution in [1.82, 2.24) is 9.78 Å². The zero-order valence-corrected chi connectivity index (χ0v) is 14.1. The van der Waals surface area contributed by atoms with Crippen molar-refractivity contribution in [1.29, 1.82) is 0 Å². The lowest BCUT2D eigenvalue weighted by Crippen LogP contribution is -2.27. The van der Waals surface area contributed by atoms with Crippen molar-refractivity contribution in [3.63, 3.8) is 0 Å². The number of aromatic nitrogens is 2. The minimum Gasteiger partial charge on any atom is -0.511 e. The van der Waals surface area contributed by atoms with Crippen molar-refractivity contribution in [3.8, 4) is 0 Å². The minimum absolute atomic E-state index is 0.0326. The van der Waals surface area contributed by atoms with Crippen molar-refractivity contribution in [2.45, 2.75) is 65.3 Å². The third-order valence-corrected chi connectivity index (χ3v) is 4.92. The molecule has 2 saturated carbocycles. The van der Waals surface area contributed by atoms with Gasteiger partial charge in [0.15, 0.2) is 11.6 Å². The van der Waals surface area contributed by atoms with Crippen LogP contribution in [0.2, 0.25) is 0 Å². The van der Waals surface area contributed by atoms with E-state index in [4.69, 9.17) is 0 Å². The van der Waals surface area contributed by atoms with Crippen molar-refractivity contribution in [3.05, 3.63) is 28.3 Å². The Morgan fingerprint density at radius 3 is 2.35 bits per heavy atom. The number of carbonyl (C=O) groups excluding carboxylic acids is 2. The fourth-order valence-electron chi connectivity index (χ4n) is 3.66. The molecular formula is C18H24N2O3. The van der Waals surface area contributed by atoms with E-state index in [2.05, 4.69) is 12.0 Å². The van der Waals surface area contributed by atoms with Gasteiger partial charge in [-0.1, -0.05) is 6.92 Å². The molecule has 1 aromatic heterocycles. The summed E-state index contributed by atoms with van der Waals surface area (Å²) < 4.78 is 1.96. The van der Waals surface area contributed by atoms with Crippen molar-refractivity contribution in [2.24, 2.45) is 5.92 Å². The standard InChI is InChI=1S/C18H24N2O3/c1-4-7-20-11(3)16(10(2)19-20)13-8-14(21)17(15(22)9-13)18(23)12-5-6-12/h12-13,23H,4-9H2,1-3H3. The molecule has 1 N–H and O–H groups in total. The lowest BCUT2D eigenvalue weighted by Gasteiger charge is -2.23. The van der Waals surface area contributed by atoms with E-state index in [0.717, 1.165) is 42.8 Å². The van der Waals surface area contributed by atoms with Gasteiger partial charge in [0, 0.05) is 36.9 Å². The SMILES string of the molecule is CCCn1nc(C)c(C2CC(=O)C(=C(O)C3CC3)C(=O)C2)c1C. The number of aryl methyl sites for hydroxylation is 2. The highest BCUT2D eigenvalue weighted by Gasteiger charge is 2.39. The van der Waals surface area contributed by atoms with E-state index in [0.29, 0.717) is 0 Å². The Bertz CT molecular complexity index is 675. The van der Waals surface area contributed by atoms with Crippen LogP contribution in [0.4, 0.5) is 0 Å². The van der Waals surface area contributed by atoms with Crippen molar-refractivity contribution >= 4 is 11.6 Å². The summed E-state index contributed by atoms with van der Waals surface area (Å²) in [6.07, 6.45) is 3.32. The zero-order chi connectivity index (χ0) is 16.7. The maximum Gasteiger partial charge on any atom is 0.170 e. The normalized spacial score (nSPS) is 21.9. The van der Waals surface area contributed by atoms with Crippen LogP contribution in [0.3, 0.4) is 0 Å². The number of ketones is 2. The van der Waals surface area contributed by atoms with E-state index < -0.39 is 0 Å². The molecule has 23 heavy (non-hydrogen) atoms. The first-order valence-corrected chi connectivity index (χ1v) is 8.47. The van der Waals surface area contributed by atoms with Gasteiger partial charge in [-0.05, 0) is 38.7 Å². The van der Waals surface area contributed by atoms with E-state index in [9.17, 15) is 14.7 Å². The number of Topliss-reactive ketones (excluding diaryl/α,β-unsaturated/α-hetero) is 2. The van der Waals surface area contributed by atoms with Gasteiger partial charge in [0.1, 0.15) is 5.76 Å². The average Bonchev–Trinajstić information content (AvgIpc) is 3.26. The van der Waals surface area contributed by atoms with Gasteiger partial charge in [0.25, 0.3) is 0 Å². The molecule has 0 saturated heterocycles. The molecule has 124 valence electrons. The van der Waals surface area contributed by atoms with Gasteiger partial charge in [0.05, 0.1) is 11.3 Å². The third-order valence-electron chi connectivity index (χ3n) is 4.92. The number of hydrogen-bond donors (Lipinski definition) is 1. The largest absolute Gasteiger partial charge is 0.511 e. The summed E-state index contributed by atoms with van der Waals surface area (Å²) in [5.41, 5.74) is 3.05. The summed E-state index contributed by atoms with van der Waals surface area (Å²) >= 11 is 0. The second kappa shape index (κ2) is 5.95. The predicted molar refractivity (Wildman–Crippen MR) is 86.4 cm³/mol. The first-order valence-electron chi connectivity index (χ1n) is 8.47. The Morgan fingerprint density at radius 2 is 1.83 bits per heavy atom. The van der Waals surface area contributed by atoms with Crippen LogP contribution in [0.1, 0.15) is 61.9 Å². The van der Waals surface area contributed by atoms with E-state index in [1.165, 1.54) is 0 Å². The summed E-state index contributed by atoms with van der Waals surface area (Å²) in [6, 6.07) is 0. The number of aliphatic hydroxyl groups is 1. The fraction of sp³-hybridized carbons (Fsp3) is 0.611. The summed E-state index contributed by atoms with van der Waals surface area (Å²) in [5, 5.41) is 14.7. The first kappa shape index (κ1) is 16.0. The number of nitrogens with zero attached hydrogens (tertiary/aromatic N) is 2. The highest BCUT2D eigenvalue weighted by molar-refractivity contribution is 6.22. The smallest absolute Gasteiger partial charge is 0.170 e. The van der Waals surface area contributed by atoms with Gasteiger partial charge in [-0.3, -0.25) is 14.3 Å². The summed E-state index contributed by atoms with van der Waals surface area (Å²) in [4.78, 5) is 24.9. The second-order valence-electron chi connectivity index (χ2n) is 6.79. The average molecular weight is 316 g/mol. The zero-order valence-electron chi connectivity index (χ0n) is 14.1. The van der Waals surface area contributed by atoms with Crippen LogP contribution >= 0.6 is 0 Å². The lowest BCUT2D eigenvalue weighted by molar-refractivity contribution is -0.124. The van der Waals surface area contributed by atoms with Gasteiger partial charge in [-0.15, -0.1) is 0 Å². The monoisotopic (exact) mass is 316 g/mol. The number of allylic oxidation sites excluding steroid dienone is 2. The van der Waals surface area contributed by atoms with Gasteiger partial charge in [-0.25, -0.2) is 0 Å². The molecule has 3 rings (SSSR count). The van der Waals surface area contributed by atoms with E-state index in [-0.39, 0.29) is 47.6 Å². The molecule has 0 spiro atoms. The summed E-state index contributed by atoms with van der Waals surface area (Å²) in [5.74, 6) is -0.467. The molecule has 2 aliphatic rings. The van der Waals surface area contributed by atoms with Crippen molar-refractivity contribution < 1.29 is 14.7 Å². The third kappa shape index (κ3) is 2.84. The molecule has 1 aromatic rings. The maximum absolute atomic E-state index is 12.5. The molecule has 2 aliphatic carbocycles. The van der Waals surface area contributed by atoms with E-state index in [1.54, 1.807) is 0 Å². The molecule has 0 atom stereocenters. The maximum atomic E-state index is 12.5. The van der Waals surface area contributed by atoms with E-state index in [1.807, 2.05) is 18.5 Å². The fourth-order valence-corrected chi connectivity index (χ4v) is 3.66. The van der Waals surface area contributed by atoms with Crippen LogP contribution in [0.15, 0.2) is 11.3 Å². The summed E-state index contributed by atoms with van der Waals surface area (Å²) in [6.45, 7) is 6.89. The quantitative estimate of drug-likeness (QED) is 0.526. The number of carbonyl (C=O) groups is 2. The van der Waals surface area contributed by atoms with Crippen LogP contribution in [0, 0.1) is 19.8 Å². The molecule has 0 aliphatic heterocycles. The first-order chi connectivity index (χ1) is 10.9. The van der Waals surface area contributed by atoms with E-state index >= 15 is 0 Å². The molecule has 5 heteroatoms. The number of aliphatic hydroxyl groups excluding tert-OH is 1. The number of hydrogen-bond acceptors (Lipinski definition) is 4. The molecule has 0 unspecified atom stereocenters. The highest BCUT2D eigenvalue weighted by atomic mass is 16.3. The van der Waals surface area contributed by atoms with Crippen LogP contribution in [0.5, 0.6) is 0 Å². The molecule has 2 fully saturated rings.